The van der Waals surface area contributed by atoms with Crippen LogP contribution in [0.1, 0.15) is 31.9 Å². The fraction of sp³-hybridized carbons (Fsp3) is 0.250. The second kappa shape index (κ2) is 6.12. The highest BCUT2D eigenvalue weighted by Gasteiger charge is 1.98. The lowest BCUT2D eigenvalue weighted by molar-refractivity contribution is 1.41. The van der Waals surface area contributed by atoms with Crippen LogP contribution in [-0.2, 0) is 0 Å². The summed E-state index contributed by atoms with van der Waals surface area (Å²) < 4.78 is 0. The minimum atomic E-state index is 1.31. The van der Waals surface area contributed by atoms with Gasteiger partial charge in [0.1, 0.15) is 0 Å². The van der Waals surface area contributed by atoms with Gasteiger partial charge < -0.3 is 0 Å². The molecule has 1 rings (SSSR count). The minimum Gasteiger partial charge on any atom is -0.0877 e. The summed E-state index contributed by atoms with van der Waals surface area (Å²) in [5.41, 5.74) is 5.26. The van der Waals surface area contributed by atoms with E-state index in [1.165, 1.54) is 22.3 Å². The van der Waals surface area contributed by atoms with E-state index in [1.54, 1.807) is 0 Å². The summed E-state index contributed by atoms with van der Waals surface area (Å²) in [6.07, 6.45) is 8.31. The van der Waals surface area contributed by atoms with E-state index in [4.69, 9.17) is 0 Å². The van der Waals surface area contributed by atoms with Gasteiger partial charge in [-0.05, 0) is 44.4 Å². The molecule has 1 aromatic carbocycles. The van der Waals surface area contributed by atoms with E-state index in [2.05, 4.69) is 57.2 Å². The van der Waals surface area contributed by atoms with Gasteiger partial charge in [0.15, 0.2) is 0 Å². The summed E-state index contributed by atoms with van der Waals surface area (Å²) in [6.45, 7) is 8.47. The maximum Gasteiger partial charge on any atom is -0.0222 e. The lowest BCUT2D eigenvalue weighted by Gasteiger charge is -2.05. The molecule has 16 heavy (non-hydrogen) atoms. The van der Waals surface area contributed by atoms with Gasteiger partial charge in [0.05, 0.1) is 0 Å². The van der Waals surface area contributed by atoms with E-state index in [0.29, 0.717) is 0 Å². The fourth-order valence-electron chi connectivity index (χ4n) is 1.54. The molecule has 0 saturated heterocycles. The molecule has 0 N–H and O–H groups in total. The first-order valence-electron chi connectivity index (χ1n) is 5.69. The highest BCUT2D eigenvalue weighted by atomic mass is 14.0. The van der Waals surface area contributed by atoms with Gasteiger partial charge in [0.25, 0.3) is 0 Å². The van der Waals surface area contributed by atoms with Crippen molar-refractivity contribution in [1.29, 1.82) is 0 Å². The molecule has 0 spiro atoms. The summed E-state index contributed by atoms with van der Waals surface area (Å²) in [6, 6.07) is 8.62. The molecule has 0 aliphatic heterocycles. The van der Waals surface area contributed by atoms with Crippen LogP contribution in [0.3, 0.4) is 0 Å². The number of hydrogen-bond donors (Lipinski definition) is 0. The van der Waals surface area contributed by atoms with Gasteiger partial charge in [0, 0.05) is 0 Å². The van der Waals surface area contributed by atoms with Crippen LogP contribution in [-0.4, -0.2) is 0 Å². The molecule has 0 aliphatic carbocycles. The number of allylic oxidation sites excluding steroid dienone is 6. The second-order valence-electron chi connectivity index (χ2n) is 4.06. The molecule has 0 heterocycles. The number of benzene rings is 1. The average Bonchev–Trinajstić information content (AvgIpc) is 2.28. The van der Waals surface area contributed by atoms with Crippen molar-refractivity contribution in [2.45, 2.75) is 27.7 Å². The first-order chi connectivity index (χ1) is 7.65. The zero-order valence-electron chi connectivity index (χ0n) is 10.6. The molecule has 1 aromatic rings. The zero-order valence-corrected chi connectivity index (χ0v) is 10.6. The van der Waals surface area contributed by atoms with E-state index in [9.17, 15) is 0 Å². The summed E-state index contributed by atoms with van der Waals surface area (Å²) in [5, 5.41) is 0. The maximum atomic E-state index is 2.22. The number of hydrogen-bond acceptors (Lipinski definition) is 0. The molecule has 84 valence electrons. The van der Waals surface area contributed by atoms with Crippen molar-refractivity contribution in [3.05, 3.63) is 65.3 Å². The van der Waals surface area contributed by atoms with Crippen LogP contribution < -0.4 is 0 Å². The Hall–Kier alpha value is -1.56. The molecule has 0 heteroatoms. The monoisotopic (exact) mass is 212 g/mol. The van der Waals surface area contributed by atoms with Crippen LogP contribution in [0.2, 0.25) is 0 Å². The van der Waals surface area contributed by atoms with E-state index in [0.717, 1.165) is 0 Å². The Kier molecular flexibility index (Phi) is 4.78. The van der Waals surface area contributed by atoms with E-state index in [1.807, 2.05) is 19.1 Å². The van der Waals surface area contributed by atoms with Crippen molar-refractivity contribution in [1.82, 2.24) is 0 Å². The Bertz CT molecular complexity index is 431. The largest absolute Gasteiger partial charge is 0.0877 e. The van der Waals surface area contributed by atoms with Gasteiger partial charge in [-0.2, -0.15) is 0 Å². The zero-order chi connectivity index (χ0) is 12.0. The third-order valence-corrected chi connectivity index (χ3v) is 2.69. The van der Waals surface area contributed by atoms with Crippen LogP contribution in [0.5, 0.6) is 0 Å². The molecular weight excluding hydrogens is 192 g/mol. The third-order valence-electron chi connectivity index (χ3n) is 2.69. The fourth-order valence-corrected chi connectivity index (χ4v) is 1.54. The van der Waals surface area contributed by atoms with Crippen LogP contribution >= 0.6 is 0 Å². The average molecular weight is 212 g/mol. The van der Waals surface area contributed by atoms with Crippen LogP contribution in [0.25, 0.3) is 5.57 Å². The lowest BCUT2D eigenvalue weighted by atomic mass is 10.0. The predicted octanol–water partition coefficient (Wildman–Crippen LogP) is 4.92. The molecule has 0 saturated carbocycles. The first kappa shape index (κ1) is 12.5. The molecule has 0 nitrogen and oxygen atoms in total. The molecule has 0 atom stereocenters. The van der Waals surface area contributed by atoms with Crippen molar-refractivity contribution in [2.24, 2.45) is 0 Å². The molecule has 0 aromatic heterocycles. The Balaban J connectivity index is 2.99. The van der Waals surface area contributed by atoms with Crippen molar-refractivity contribution in [3.63, 3.8) is 0 Å². The SMILES string of the molecule is C\C=C/C=C\C(C)=C(\C)c1cccc(C)c1. The first-order valence-corrected chi connectivity index (χ1v) is 5.69. The van der Waals surface area contributed by atoms with Gasteiger partial charge in [-0.3, -0.25) is 0 Å². The Morgan fingerprint density at radius 1 is 1.12 bits per heavy atom. The third kappa shape index (κ3) is 3.54. The summed E-state index contributed by atoms with van der Waals surface area (Å²) >= 11 is 0. The summed E-state index contributed by atoms with van der Waals surface area (Å²) in [5.74, 6) is 0. The molecule has 0 bridgehead atoms. The van der Waals surface area contributed by atoms with Crippen LogP contribution in [0.4, 0.5) is 0 Å². The molecule has 0 amide bonds. The lowest BCUT2D eigenvalue weighted by Crippen LogP contribution is -1.84. The topological polar surface area (TPSA) is 0 Å². The normalized spacial score (nSPS) is 13.5. The smallest absolute Gasteiger partial charge is 0.0222 e. The molecule has 0 fully saturated rings. The molecule has 0 radical (unpaired) electrons. The van der Waals surface area contributed by atoms with Gasteiger partial charge in [0.2, 0.25) is 0 Å². The maximum absolute atomic E-state index is 2.22. The van der Waals surface area contributed by atoms with Crippen molar-refractivity contribution in [2.75, 3.05) is 0 Å². The Morgan fingerprint density at radius 3 is 2.50 bits per heavy atom. The molecular formula is C16H20. The highest BCUT2D eigenvalue weighted by Crippen LogP contribution is 2.19. The molecule has 0 unspecified atom stereocenters. The standard InChI is InChI=1S/C16H20/c1-5-6-7-10-14(3)15(4)16-11-8-9-13(2)12-16/h5-12H,1-4H3/b6-5-,10-7-,15-14-. The quantitative estimate of drug-likeness (QED) is 0.624. The Labute approximate surface area is 99.0 Å². The molecule has 0 aliphatic rings. The second-order valence-corrected chi connectivity index (χ2v) is 4.06. The van der Waals surface area contributed by atoms with E-state index < -0.39 is 0 Å². The number of aryl methyl sites for hydroxylation is 1. The Morgan fingerprint density at radius 2 is 1.88 bits per heavy atom. The van der Waals surface area contributed by atoms with Gasteiger partial charge in [-0.15, -0.1) is 0 Å². The number of rotatable bonds is 3. The van der Waals surface area contributed by atoms with Gasteiger partial charge in [-0.25, -0.2) is 0 Å². The van der Waals surface area contributed by atoms with Gasteiger partial charge >= 0.3 is 0 Å². The van der Waals surface area contributed by atoms with E-state index >= 15 is 0 Å². The van der Waals surface area contributed by atoms with E-state index in [-0.39, 0.29) is 0 Å². The predicted molar refractivity (Wildman–Crippen MR) is 73.4 cm³/mol. The summed E-state index contributed by atoms with van der Waals surface area (Å²) in [7, 11) is 0. The minimum absolute atomic E-state index is 1.31. The van der Waals surface area contributed by atoms with Crippen molar-refractivity contribution < 1.29 is 0 Å². The van der Waals surface area contributed by atoms with Crippen molar-refractivity contribution >= 4 is 5.57 Å². The van der Waals surface area contributed by atoms with Crippen LogP contribution in [0, 0.1) is 6.92 Å². The van der Waals surface area contributed by atoms with Crippen LogP contribution in [0.15, 0.2) is 54.1 Å². The summed E-state index contributed by atoms with van der Waals surface area (Å²) in [4.78, 5) is 0. The highest BCUT2D eigenvalue weighted by molar-refractivity contribution is 5.69. The van der Waals surface area contributed by atoms with Gasteiger partial charge in [-0.1, -0.05) is 54.1 Å². The van der Waals surface area contributed by atoms with Crippen molar-refractivity contribution in [3.8, 4) is 0 Å².